The Kier molecular flexibility index (Phi) is 3.38. The molecule has 98 valence electrons. The molecule has 1 aromatic rings. The second-order valence-corrected chi connectivity index (χ2v) is 5.98. The Hall–Kier alpha value is -1.43. The highest BCUT2D eigenvalue weighted by molar-refractivity contribution is 7.13. The Morgan fingerprint density at radius 2 is 2.06 bits per heavy atom. The summed E-state index contributed by atoms with van der Waals surface area (Å²) in [6.07, 6.45) is 0. The van der Waals surface area contributed by atoms with Gasteiger partial charge in [-0.15, -0.1) is 11.3 Å². The van der Waals surface area contributed by atoms with E-state index in [1.54, 1.807) is 4.90 Å². The number of carbonyl (C=O) groups excluding carboxylic acids is 1. The first kappa shape index (κ1) is 13.0. The maximum atomic E-state index is 12.3. The number of carbonyl (C=O) groups is 2. The Morgan fingerprint density at radius 3 is 2.50 bits per heavy atom. The van der Waals surface area contributed by atoms with E-state index in [9.17, 15) is 9.59 Å². The van der Waals surface area contributed by atoms with Crippen LogP contribution in [0.4, 0.5) is 0 Å². The summed E-state index contributed by atoms with van der Waals surface area (Å²) in [5.41, 5.74) is 0.730. The largest absolute Gasteiger partial charge is 0.481 e. The van der Waals surface area contributed by atoms with Crippen LogP contribution >= 0.6 is 11.3 Å². The third kappa shape index (κ3) is 2.25. The number of aromatic nitrogens is 1. The van der Waals surface area contributed by atoms with E-state index in [1.807, 2.05) is 20.8 Å². The number of hydrogen-bond donors (Lipinski definition) is 1. The molecule has 0 radical (unpaired) electrons. The average molecular weight is 268 g/mol. The fourth-order valence-corrected chi connectivity index (χ4v) is 3.22. The SMILES string of the molecule is Cc1nc(C)c(C(=O)N2C[C@@H](C)[C@H](C(=O)O)C2)s1. The van der Waals surface area contributed by atoms with Gasteiger partial charge in [-0.3, -0.25) is 9.59 Å². The highest BCUT2D eigenvalue weighted by Gasteiger charge is 2.37. The third-order valence-corrected chi connectivity index (χ3v) is 4.38. The number of thiazole rings is 1. The first-order chi connectivity index (χ1) is 8.40. The molecule has 0 saturated carbocycles. The Balaban J connectivity index is 2.17. The summed E-state index contributed by atoms with van der Waals surface area (Å²) in [4.78, 5) is 29.8. The van der Waals surface area contributed by atoms with Crippen LogP contribution in [0, 0.1) is 25.7 Å². The number of carboxylic acids is 1. The Labute approximate surface area is 109 Å². The highest BCUT2D eigenvalue weighted by atomic mass is 32.1. The fourth-order valence-electron chi connectivity index (χ4n) is 2.33. The van der Waals surface area contributed by atoms with Crippen molar-refractivity contribution in [1.82, 2.24) is 9.88 Å². The molecule has 0 aliphatic carbocycles. The lowest BCUT2D eigenvalue weighted by molar-refractivity contribution is -0.142. The number of aliphatic carboxylic acids is 1. The van der Waals surface area contributed by atoms with Crippen LogP contribution < -0.4 is 0 Å². The minimum Gasteiger partial charge on any atom is -0.481 e. The van der Waals surface area contributed by atoms with E-state index >= 15 is 0 Å². The summed E-state index contributed by atoms with van der Waals surface area (Å²) in [5.74, 6) is -1.37. The summed E-state index contributed by atoms with van der Waals surface area (Å²) in [6.45, 7) is 6.35. The van der Waals surface area contributed by atoms with Gasteiger partial charge in [-0.1, -0.05) is 6.92 Å². The van der Waals surface area contributed by atoms with Gasteiger partial charge in [0.05, 0.1) is 16.6 Å². The molecule has 2 rings (SSSR count). The van der Waals surface area contributed by atoms with Gasteiger partial charge in [0.2, 0.25) is 0 Å². The summed E-state index contributed by atoms with van der Waals surface area (Å²) < 4.78 is 0. The summed E-state index contributed by atoms with van der Waals surface area (Å²) in [5, 5.41) is 9.92. The molecule has 2 heterocycles. The second kappa shape index (κ2) is 4.68. The molecule has 0 bridgehead atoms. The predicted molar refractivity (Wildman–Crippen MR) is 67.8 cm³/mol. The van der Waals surface area contributed by atoms with Crippen LogP contribution in [0.2, 0.25) is 0 Å². The van der Waals surface area contributed by atoms with Crippen molar-refractivity contribution >= 4 is 23.2 Å². The number of amides is 1. The first-order valence-corrected chi connectivity index (χ1v) is 6.68. The number of nitrogens with zero attached hydrogens (tertiary/aromatic N) is 2. The summed E-state index contributed by atoms with van der Waals surface area (Å²) in [7, 11) is 0. The monoisotopic (exact) mass is 268 g/mol. The minimum atomic E-state index is -0.824. The number of carboxylic acid groups (broad SMARTS) is 1. The molecule has 0 spiro atoms. The smallest absolute Gasteiger partial charge is 0.308 e. The quantitative estimate of drug-likeness (QED) is 0.883. The van der Waals surface area contributed by atoms with Crippen LogP contribution in [0.15, 0.2) is 0 Å². The van der Waals surface area contributed by atoms with Gasteiger partial charge in [-0.05, 0) is 19.8 Å². The first-order valence-electron chi connectivity index (χ1n) is 5.86. The molecule has 5 nitrogen and oxygen atoms in total. The van der Waals surface area contributed by atoms with Crippen molar-refractivity contribution < 1.29 is 14.7 Å². The van der Waals surface area contributed by atoms with E-state index in [0.29, 0.717) is 18.0 Å². The van der Waals surface area contributed by atoms with E-state index < -0.39 is 11.9 Å². The van der Waals surface area contributed by atoms with Crippen LogP contribution in [0.3, 0.4) is 0 Å². The molecule has 18 heavy (non-hydrogen) atoms. The lowest BCUT2D eigenvalue weighted by Crippen LogP contribution is -2.29. The zero-order valence-electron chi connectivity index (χ0n) is 10.6. The molecule has 1 N–H and O–H groups in total. The second-order valence-electron chi connectivity index (χ2n) is 4.78. The maximum Gasteiger partial charge on any atom is 0.308 e. The fraction of sp³-hybridized carbons (Fsp3) is 0.583. The van der Waals surface area contributed by atoms with Crippen LogP contribution in [0.25, 0.3) is 0 Å². The van der Waals surface area contributed by atoms with Gasteiger partial charge < -0.3 is 10.0 Å². The van der Waals surface area contributed by atoms with Crippen LogP contribution in [0.1, 0.15) is 27.3 Å². The van der Waals surface area contributed by atoms with Crippen molar-refractivity contribution in [1.29, 1.82) is 0 Å². The number of rotatable bonds is 2. The number of aryl methyl sites for hydroxylation is 2. The molecule has 1 fully saturated rings. The van der Waals surface area contributed by atoms with Crippen molar-refractivity contribution in [3.8, 4) is 0 Å². The molecule has 2 atom stereocenters. The van der Waals surface area contributed by atoms with Gasteiger partial charge in [-0.2, -0.15) is 0 Å². The van der Waals surface area contributed by atoms with E-state index in [1.165, 1.54) is 11.3 Å². The van der Waals surface area contributed by atoms with Crippen molar-refractivity contribution in [2.24, 2.45) is 11.8 Å². The molecular weight excluding hydrogens is 252 g/mol. The standard InChI is InChI=1S/C12H16N2O3S/c1-6-4-14(5-9(6)12(16)17)11(15)10-7(2)13-8(3)18-10/h6,9H,4-5H2,1-3H3,(H,16,17)/t6-,9-/m1/s1. The average Bonchev–Trinajstić information content (AvgIpc) is 2.81. The van der Waals surface area contributed by atoms with E-state index in [0.717, 1.165) is 10.7 Å². The van der Waals surface area contributed by atoms with Gasteiger partial charge in [0.25, 0.3) is 5.91 Å². The lowest BCUT2D eigenvalue weighted by atomic mass is 9.99. The molecule has 1 aliphatic heterocycles. The number of hydrogen-bond acceptors (Lipinski definition) is 4. The summed E-state index contributed by atoms with van der Waals surface area (Å²) in [6, 6.07) is 0. The van der Waals surface area contributed by atoms with Gasteiger partial charge in [0.15, 0.2) is 0 Å². The van der Waals surface area contributed by atoms with E-state index in [4.69, 9.17) is 5.11 Å². The number of likely N-dealkylation sites (tertiary alicyclic amines) is 1. The molecule has 1 aromatic heterocycles. The van der Waals surface area contributed by atoms with E-state index in [-0.39, 0.29) is 11.8 Å². The van der Waals surface area contributed by atoms with Crippen LogP contribution in [-0.2, 0) is 4.79 Å². The lowest BCUT2D eigenvalue weighted by Gasteiger charge is -2.14. The maximum absolute atomic E-state index is 12.3. The minimum absolute atomic E-state index is 0.000717. The van der Waals surface area contributed by atoms with Crippen molar-refractivity contribution in [2.75, 3.05) is 13.1 Å². The molecular formula is C12H16N2O3S. The normalized spacial score (nSPS) is 23.4. The molecule has 0 aromatic carbocycles. The topological polar surface area (TPSA) is 70.5 Å². The Morgan fingerprint density at radius 1 is 1.39 bits per heavy atom. The molecule has 0 unspecified atom stereocenters. The molecule has 1 amide bonds. The van der Waals surface area contributed by atoms with Crippen molar-refractivity contribution in [3.05, 3.63) is 15.6 Å². The van der Waals surface area contributed by atoms with Gasteiger partial charge in [0.1, 0.15) is 4.88 Å². The highest BCUT2D eigenvalue weighted by Crippen LogP contribution is 2.27. The zero-order chi connectivity index (χ0) is 13.4. The van der Waals surface area contributed by atoms with Crippen LogP contribution in [-0.4, -0.2) is 40.0 Å². The van der Waals surface area contributed by atoms with E-state index in [2.05, 4.69) is 4.98 Å². The molecule has 1 aliphatic rings. The van der Waals surface area contributed by atoms with Gasteiger partial charge >= 0.3 is 5.97 Å². The summed E-state index contributed by atoms with van der Waals surface area (Å²) >= 11 is 1.37. The van der Waals surface area contributed by atoms with Crippen molar-refractivity contribution in [2.45, 2.75) is 20.8 Å². The molecule has 1 saturated heterocycles. The Bertz CT molecular complexity index is 498. The zero-order valence-corrected chi connectivity index (χ0v) is 11.5. The molecule has 6 heteroatoms. The van der Waals surface area contributed by atoms with Crippen LogP contribution in [0.5, 0.6) is 0 Å². The predicted octanol–water partition coefficient (Wildman–Crippen LogP) is 1.55. The third-order valence-electron chi connectivity index (χ3n) is 3.31. The van der Waals surface area contributed by atoms with Crippen molar-refractivity contribution in [3.63, 3.8) is 0 Å². The van der Waals surface area contributed by atoms with Gasteiger partial charge in [-0.25, -0.2) is 4.98 Å². The van der Waals surface area contributed by atoms with Gasteiger partial charge in [0, 0.05) is 13.1 Å².